The van der Waals surface area contributed by atoms with Gasteiger partial charge in [-0.3, -0.25) is 14.7 Å². The van der Waals surface area contributed by atoms with E-state index in [-0.39, 0.29) is 18.0 Å². The van der Waals surface area contributed by atoms with E-state index in [1.807, 2.05) is 12.1 Å². The molecule has 5 heteroatoms. The highest BCUT2D eigenvalue weighted by atomic mass is 16.3. The van der Waals surface area contributed by atoms with Crippen LogP contribution in [0.15, 0.2) is 24.5 Å². The maximum Gasteiger partial charge on any atom is 0.224 e. The molecule has 1 aliphatic heterocycles. The molecule has 1 aliphatic carbocycles. The Bertz CT molecular complexity index is 474. The Morgan fingerprint density at radius 1 is 1.38 bits per heavy atom. The smallest absolute Gasteiger partial charge is 0.224 e. The molecule has 0 spiro atoms. The quantitative estimate of drug-likeness (QED) is 0.857. The summed E-state index contributed by atoms with van der Waals surface area (Å²) in [4.78, 5) is 18.5. The summed E-state index contributed by atoms with van der Waals surface area (Å²) in [6.45, 7) is 2.16. The summed E-state index contributed by atoms with van der Waals surface area (Å²) in [5, 5.41) is 13.4. The fourth-order valence-corrected chi connectivity index (χ4v) is 3.54. The van der Waals surface area contributed by atoms with Gasteiger partial charge in [0.25, 0.3) is 0 Å². The molecule has 0 radical (unpaired) electrons. The Kier molecular flexibility index (Phi) is 4.51. The summed E-state index contributed by atoms with van der Waals surface area (Å²) in [5.41, 5.74) is 0.901. The molecule has 5 nitrogen and oxygen atoms in total. The standard InChI is InChI=1S/C16H23N3O2/c20-15(10-12-4-3-7-17-11-12)18-13-5-6-14(16(13)21)19-8-1-2-9-19/h3-4,7,11,13-14,16,21H,1-2,5-6,8-10H2,(H,18,20)/t13-,14-,16-/m1/s1. The first-order valence-corrected chi connectivity index (χ1v) is 7.84. The maximum atomic E-state index is 12.1. The second kappa shape index (κ2) is 6.54. The normalized spacial score (nSPS) is 29.7. The number of hydrogen-bond acceptors (Lipinski definition) is 4. The third-order valence-corrected chi connectivity index (χ3v) is 4.62. The Balaban J connectivity index is 1.52. The van der Waals surface area contributed by atoms with Gasteiger partial charge in [0, 0.05) is 18.4 Å². The highest BCUT2D eigenvalue weighted by molar-refractivity contribution is 5.78. The minimum absolute atomic E-state index is 0.0332. The van der Waals surface area contributed by atoms with Crippen LogP contribution in [0.1, 0.15) is 31.2 Å². The molecule has 3 rings (SSSR count). The average Bonchev–Trinajstić information content (AvgIpc) is 3.11. The molecule has 1 saturated heterocycles. The lowest BCUT2D eigenvalue weighted by atomic mass is 10.1. The Morgan fingerprint density at radius 2 is 2.19 bits per heavy atom. The van der Waals surface area contributed by atoms with Gasteiger partial charge in [0.05, 0.1) is 18.6 Å². The van der Waals surface area contributed by atoms with E-state index in [1.54, 1.807) is 12.4 Å². The molecule has 2 heterocycles. The van der Waals surface area contributed by atoms with Gasteiger partial charge in [-0.05, 0) is 50.4 Å². The van der Waals surface area contributed by atoms with Crippen molar-refractivity contribution >= 4 is 5.91 Å². The second-order valence-corrected chi connectivity index (χ2v) is 6.09. The predicted octanol–water partition coefficient (Wildman–Crippen LogP) is 0.728. The minimum atomic E-state index is -0.444. The molecular formula is C16H23N3O2. The molecule has 114 valence electrons. The van der Waals surface area contributed by atoms with Gasteiger partial charge in [0.1, 0.15) is 0 Å². The highest BCUT2D eigenvalue weighted by Crippen LogP contribution is 2.27. The molecule has 2 N–H and O–H groups in total. The van der Waals surface area contributed by atoms with Crippen molar-refractivity contribution in [1.29, 1.82) is 0 Å². The topological polar surface area (TPSA) is 65.5 Å². The number of carbonyl (C=O) groups excluding carboxylic acids is 1. The molecular weight excluding hydrogens is 266 g/mol. The zero-order chi connectivity index (χ0) is 14.7. The van der Waals surface area contributed by atoms with Crippen molar-refractivity contribution in [2.75, 3.05) is 13.1 Å². The average molecular weight is 289 g/mol. The molecule has 21 heavy (non-hydrogen) atoms. The van der Waals surface area contributed by atoms with Crippen LogP contribution in [0.5, 0.6) is 0 Å². The van der Waals surface area contributed by atoms with Gasteiger partial charge in [0.15, 0.2) is 0 Å². The summed E-state index contributed by atoms with van der Waals surface area (Å²) in [7, 11) is 0. The maximum absolute atomic E-state index is 12.1. The van der Waals surface area contributed by atoms with Crippen LogP contribution in [0.2, 0.25) is 0 Å². The SMILES string of the molecule is O=C(Cc1cccnc1)N[C@@H]1CC[C@@H](N2CCCC2)[C@@H]1O. The number of aromatic nitrogens is 1. The molecule has 2 fully saturated rings. The van der Waals surface area contributed by atoms with Gasteiger partial charge >= 0.3 is 0 Å². The van der Waals surface area contributed by atoms with Crippen molar-refractivity contribution in [3.63, 3.8) is 0 Å². The summed E-state index contributed by atoms with van der Waals surface area (Å²) >= 11 is 0. The summed E-state index contributed by atoms with van der Waals surface area (Å²) < 4.78 is 0. The Labute approximate surface area is 125 Å². The predicted molar refractivity (Wildman–Crippen MR) is 79.7 cm³/mol. The third kappa shape index (κ3) is 3.41. The van der Waals surface area contributed by atoms with E-state index in [2.05, 4.69) is 15.2 Å². The van der Waals surface area contributed by atoms with Gasteiger partial charge in [-0.25, -0.2) is 0 Å². The highest BCUT2D eigenvalue weighted by Gasteiger charge is 2.39. The summed E-state index contributed by atoms with van der Waals surface area (Å²) in [5.74, 6) is -0.0332. The first-order valence-electron chi connectivity index (χ1n) is 7.84. The first-order chi connectivity index (χ1) is 10.2. The molecule has 2 aliphatic rings. The molecule has 3 atom stereocenters. The Morgan fingerprint density at radius 3 is 2.90 bits per heavy atom. The summed E-state index contributed by atoms with van der Waals surface area (Å²) in [6, 6.07) is 3.83. The number of aliphatic hydroxyl groups is 1. The number of amides is 1. The molecule has 1 aromatic heterocycles. The van der Waals surface area contributed by atoms with Gasteiger partial charge in [0.2, 0.25) is 5.91 Å². The van der Waals surface area contributed by atoms with Crippen LogP contribution in [-0.4, -0.2) is 52.2 Å². The van der Waals surface area contributed by atoms with Gasteiger partial charge in [-0.1, -0.05) is 6.07 Å². The number of nitrogens with one attached hydrogen (secondary N) is 1. The lowest BCUT2D eigenvalue weighted by Crippen LogP contribution is -2.48. The van der Waals surface area contributed by atoms with Crippen molar-refractivity contribution < 1.29 is 9.90 Å². The monoisotopic (exact) mass is 289 g/mol. The van der Waals surface area contributed by atoms with Gasteiger partial charge in [-0.2, -0.15) is 0 Å². The molecule has 0 unspecified atom stereocenters. The van der Waals surface area contributed by atoms with E-state index in [9.17, 15) is 9.90 Å². The molecule has 1 saturated carbocycles. The molecule has 1 aromatic rings. The van der Waals surface area contributed by atoms with Crippen LogP contribution in [0.3, 0.4) is 0 Å². The number of pyridine rings is 1. The van der Waals surface area contributed by atoms with E-state index in [0.29, 0.717) is 6.42 Å². The van der Waals surface area contributed by atoms with E-state index in [1.165, 1.54) is 12.8 Å². The molecule has 0 bridgehead atoms. The van der Waals surface area contributed by atoms with Gasteiger partial charge < -0.3 is 10.4 Å². The zero-order valence-electron chi connectivity index (χ0n) is 12.2. The fraction of sp³-hybridized carbons (Fsp3) is 0.625. The van der Waals surface area contributed by atoms with Crippen LogP contribution in [-0.2, 0) is 11.2 Å². The van der Waals surface area contributed by atoms with Crippen molar-refractivity contribution in [2.45, 2.75) is 50.3 Å². The number of hydrogen-bond donors (Lipinski definition) is 2. The number of nitrogens with zero attached hydrogens (tertiary/aromatic N) is 2. The van der Waals surface area contributed by atoms with Crippen molar-refractivity contribution in [2.24, 2.45) is 0 Å². The van der Waals surface area contributed by atoms with Crippen LogP contribution in [0.25, 0.3) is 0 Å². The van der Waals surface area contributed by atoms with Crippen molar-refractivity contribution in [3.8, 4) is 0 Å². The molecule has 0 aromatic carbocycles. The minimum Gasteiger partial charge on any atom is -0.389 e. The van der Waals surface area contributed by atoms with E-state index in [4.69, 9.17) is 0 Å². The largest absolute Gasteiger partial charge is 0.389 e. The summed E-state index contributed by atoms with van der Waals surface area (Å²) in [6.07, 6.45) is 7.56. The zero-order valence-corrected chi connectivity index (χ0v) is 12.2. The van der Waals surface area contributed by atoms with Crippen LogP contribution >= 0.6 is 0 Å². The number of aliphatic hydroxyl groups excluding tert-OH is 1. The Hall–Kier alpha value is -1.46. The number of likely N-dealkylation sites (tertiary alicyclic amines) is 1. The fourth-order valence-electron chi connectivity index (χ4n) is 3.54. The van der Waals surface area contributed by atoms with E-state index < -0.39 is 6.10 Å². The second-order valence-electron chi connectivity index (χ2n) is 6.09. The lowest BCUT2D eigenvalue weighted by Gasteiger charge is -2.28. The number of carbonyl (C=O) groups is 1. The van der Waals surface area contributed by atoms with Crippen molar-refractivity contribution in [3.05, 3.63) is 30.1 Å². The molecule has 1 amide bonds. The van der Waals surface area contributed by atoms with Crippen molar-refractivity contribution in [1.82, 2.24) is 15.2 Å². The van der Waals surface area contributed by atoms with Crippen LogP contribution in [0.4, 0.5) is 0 Å². The van der Waals surface area contributed by atoms with Crippen LogP contribution in [0, 0.1) is 0 Å². The lowest BCUT2D eigenvalue weighted by molar-refractivity contribution is -0.121. The van der Waals surface area contributed by atoms with E-state index in [0.717, 1.165) is 31.5 Å². The third-order valence-electron chi connectivity index (χ3n) is 4.62. The van der Waals surface area contributed by atoms with Crippen LogP contribution < -0.4 is 5.32 Å². The first kappa shape index (κ1) is 14.5. The number of rotatable bonds is 4. The van der Waals surface area contributed by atoms with E-state index >= 15 is 0 Å². The van der Waals surface area contributed by atoms with Gasteiger partial charge in [-0.15, -0.1) is 0 Å².